The zero-order chi connectivity index (χ0) is 6.85. The predicted octanol–water partition coefficient (Wildman–Crippen LogP) is 2.81. The second-order valence-corrected chi connectivity index (χ2v) is 3.00. The van der Waals surface area contributed by atoms with Gasteiger partial charge in [-0.05, 0) is 35.0 Å². The molecule has 0 aromatic carbocycles. The van der Waals surface area contributed by atoms with Gasteiger partial charge in [0.15, 0.2) is 0 Å². The largest absolute Gasteiger partial charge is 0.246 e. The monoisotopic (exact) mass is 205 g/mol. The summed E-state index contributed by atoms with van der Waals surface area (Å²) >= 11 is 8.90. The van der Waals surface area contributed by atoms with Crippen LogP contribution in [0.1, 0.15) is 5.69 Å². The van der Waals surface area contributed by atoms with Crippen LogP contribution in [0.15, 0.2) is 16.7 Å². The van der Waals surface area contributed by atoms with E-state index in [-0.39, 0.29) is 0 Å². The molecule has 1 rings (SSSR count). The number of hydrogen-bond donors (Lipinski definition) is 0. The SMILES string of the molecule is Cc1cc(Cl)cc(Br)n1. The Morgan fingerprint density at radius 2 is 2.22 bits per heavy atom. The number of rotatable bonds is 0. The van der Waals surface area contributed by atoms with Gasteiger partial charge in [0.05, 0.1) is 0 Å². The zero-order valence-corrected chi connectivity index (χ0v) is 7.20. The van der Waals surface area contributed by atoms with E-state index in [0.717, 1.165) is 15.3 Å². The molecule has 1 aromatic heterocycles. The first-order valence-corrected chi connectivity index (χ1v) is 3.65. The minimum Gasteiger partial charge on any atom is -0.246 e. The molecule has 0 unspecified atom stereocenters. The highest BCUT2D eigenvalue weighted by Gasteiger charge is 1.92. The normalized spacial score (nSPS) is 9.67. The highest BCUT2D eigenvalue weighted by molar-refractivity contribution is 9.10. The summed E-state index contributed by atoms with van der Waals surface area (Å²) in [4.78, 5) is 4.07. The van der Waals surface area contributed by atoms with Crippen molar-refractivity contribution in [1.82, 2.24) is 4.98 Å². The van der Waals surface area contributed by atoms with Crippen molar-refractivity contribution in [3.8, 4) is 0 Å². The van der Waals surface area contributed by atoms with E-state index in [1.807, 2.05) is 13.0 Å². The van der Waals surface area contributed by atoms with Crippen molar-refractivity contribution in [2.75, 3.05) is 0 Å². The Morgan fingerprint density at radius 3 is 2.67 bits per heavy atom. The number of nitrogens with zero attached hydrogens (tertiary/aromatic N) is 1. The van der Waals surface area contributed by atoms with Crippen LogP contribution in [0, 0.1) is 6.92 Å². The molecule has 0 saturated heterocycles. The Kier molecular flexibility index (Phi) is 2.09. The van der Waals surface area contributed by atoms with Crippen LogP contribution in [0.3, 0.4) is 0 Å². The first-order chi connectivity index (χ1) is 4.18. The van der Waals surface area contributed by atoms with Crippen molar-refractivity contribution in [3.05, 3.63) is 27.5 Å². The molecule has 3 heteroatoms. The van der Waals surface area contributed by atoms with Crippen molar-refractivity contribution in [3.63, 3.8) is 0 Å². The van der Waals surface area contributed by atoms with Crippen LogP contribution in [0.25, 0.3) is 0 Å². The van der Waals surface area contributed by atoms with E-state index in [1.54, 1.807) is 6.07 Å². The van der Waals surface area contributed by atoms with Crippen molar-refractivity contribution in [2.24, 2.45) is 0 Å². The molecule has 9 heavy (non-hydrogen) atoms. The lowest BCUT2D eigenvalue weighted by Gasteiger charge is -1.93. The minimum atomic E-state index is 0.717. The summed E-state index contributed by atoms with van der Waals surface area (Å²) in [5.41, 5.74) is 0.925. The zero-order valence-electron chi connectivity index (χ0n) is 4.86. The summed E-state index contributed by atoms with van der Waals surface area (Å²) in [6.45, 7) is 1.90. The van der Waals surface area contributed by atoms with Gasteiger partial charge in [-0.1, -0.05) is 11.6 Å². The summed E-state index contributed by atoms with van der Waals surface area (Å²) < 4.78 is 0.785. The highest BCUT2D eigenvalue weighted by atomic mass is 79.9. The summed E-state index contributed by atoms with van der Waals surface area (Å²) in [6, 6.07) is 3.57. The maximum atomic E-state index is 5.68. The Labute approximate surface area is 67.2 Å². The smallest absolute Gasteiger partial charge is 0.107 e. The van der Waals surface area contributed by atoms with Gasteiger partial charge in [-0.2, -0.15) is 0 Å². The lowest BCUT2D eigenvalue weighted by molar-refractivity contribution is 1.17. The third kappa shape index (κ3) is 1.95. The van der Waals surface area contributed by atoms with Gasteiger partial charge in [-0.25, -0.2) is 4.98 Å². The number of hydrogen-bond acceptors (Lipinski definition) is 1. The van der Waals surface area contributed by atoms with Crippen LogP contribution in [-0.2, 0) is 0 Å². The molecule has 0 bridgehead atoms. The Hall–Kier alpha value is -0.0800. The van der Waals surface area contributed by atoms with Crippen LogP contribution in [0.2, 0.25) is 5.02 Å². The predicted molar refractivity (Wildman–Crippen MR) is 41.7 cm³/mol. The first-order valence-electron chi connectivity index (χ1n) is 2.48. The second-order valence-electron chi connectivity index (χ2n) is 1.75. The van der Waals surface area contributed by atoms with Crippen LogP contribution >= 0.6 is 27.5 Å². The molecule has 0 saturated carbocycles. The summed E-state index contributed by atoms with van der Waals surface area (Å²) in [5.74, 6) is 0. The average molecular weight is 206 g/mol. The van der Waals surface area contributed by atoms with E-state index in [1.165, 1.54) is 0 Å². The van der Waals surface area contributed by atoms with Crippen LogP contribution in [0.4, 0.5) is 0 Å². The fourth-order valence-corrected chi connectivity index (χ4v) is 1.51. The Morgan fingerprint density at radius 1 is 1.56 bits per heavy atom. The van der Waals surface area contributed by atoms with E-state index in [0.29, 0.717) is 0 Å². The Balaban J connectivity index is 3.17. The molecule has 0 N–H and O–H groups in total. The minimum absolute atomic E-state index is 0.717. The van der Waals surface area contributed by atoms with Gasteiger partial charge in [0.25, 0.3) is 0 Å². The fourth-order valence-electron chi connectivity index (χ4n) is 0.588. The molecule has 0 aliphatic carbocycles. The molecule has 0 amide bonds. The van der Waals surface area contributed by atoms with E-state index in [9.17, 15) is 0 Å². The average Bonchev–Trinajstić information content (AvgIpc) is 1.59. The number of aromatic nitrogens is 1. The van der Waals surface area contributed by atoms with E-state index in [4.69, 9.17) is 11.6 Å². The molecule has 1 aromatic rings. The fraction of sp³-hybridized carbons (Fsp3) is 0.167. The summed E-state index contributed by atoms with van der Waals surface area (Å²) in [5, 5.41) is 0.717. The lowest BCUT2D eigenvalue weighted by Crippen LogP contribution is -1.79. The van der Waals surface area contributed by atoms with Gasteiger partial charge < -0.3 is 0 Å². The number of aryl methyl sites for hydroxylation is 1. The highest BCUT2D eigenvalue weighted by Crippen LogP contribution is 2.14. The molecule has 0 aliphatic heterocycles. The molecule has 0 radical (unpaired) electrons. The molecule has 1 heterocycles. The van der Waals surface area contributed by atoms with Crippen molar-refractivity contribution >= 4 is 27.5 Å². The van der Waals surface area contributed by atoms with Crippen LogP contribution in [-0.4, -0.2) is 4.98 Å². The molecule has 1 nitrogen and oxygen atoms in total. The van der Waals surface area contributed by atoms with Gasteiger partial charge in [-0.3, -0.25) is 0 Å². The molecular formula is C6H5BrClN. The second kappa shape index (κ2) is 2.67. The van der Waals surface area contributed by atoms with Crippen molar-refractivity contribution < 1.29 is 0 Å². The quantitative estimate of drug-likeness (QED) is 0.595. The Bertz CT molecular complexity index is 174. The summed E-state index contributed by atoms with van der Waals surface area (Å²) in [6.07, 6.45) is 0. The van der Waals surface area contributed by atoms with E-state index >= 15 is 0 Å². The maximum Gasteiger partial charge on any atom is 0.107 e. The molecule has 48 valence electrons. The van der Waals surface area contributed by atoms with E-state index in [2.05, 4.69) is 20.9 Å². The van der Waals surface area contributed by atoms with Gasteiger partial charge in [-0.15, -0.1) is 0 Å². The van der Waals surface area contributed by atoms with E-state index < -0.39 is 0 Å². The number of pyridine rings is 1. The van der Waals surface area contributed by atoms with Crippen LogP contribution in [0.5, 0.6) is 0 Å². The maximum absolute atomic E-state index is 5.68. The molecule has 0 spiro atoms. The van der Waals surface area contributed by atoms with Gasteiger partial charge in [0.1, 0.15) is 4.60 Å². The van der Waals surface area contributed by atoms with Crippen molar-refractivity contribution in [1.29, 1.82) is 0 Å². The molecular weight excluding hydrogens is 201 g/mol. The molecule has 0 atom stereocenters. The third-order valence-corrected chi connectivity index (χ3v) is 1.51. The topological polar surface area (TPSA) is 12.9 Å². The lowest BCUT2D eigenvalue weighted by atomic mass is 10.4. The molecule has 0 fully saturated rings. The summed E-state index contributed by atoms with van der Waals surface area (Å²) in [7, 11) is 0. The molecule has 0 aliphatic rings. The van der Waals surface area contributed by atoms with Crippen molar-refractivity contribution in [2.45, 2.75) is 6.92 Å². The van der Waals surface area contributed by atoms with Gasteiger partial charge in [0, 0.05) is 10.7 Å². The van der Waals surface area contributed by atoms with Gasteiger partial charge in [0.2, 0.25) is 0 Å². The first kappa shape index (κ1) is 7.03. The van der Waals surface area contributed by atoms with Crippen LogP contribution < -0.4 is 0 Å². The third-order valence-electron chi connectivity index (χ3n) is 0.887. The van der Waals surface area contributed by atoms with Gasteiger partial charge >= 0.3 is 0 Å². The standard InChI is InChI=1S/C6H5BrClN/c1-4-2-5(8)3-6(7)9-4/h2-3H,1H3. The number of halogens is 2.